The lowest BCUT2D eigenvalue weighted by Crippen LogP contribution is -2.48. The van der Waals surface area contributed by atoms with Crippen LogP contribution < -0.4 is 15.5 Å². The first-order valence-electron chi connectivity index (χ1n) is 10.2. The number of piperazine rings is 1. The fraction of sp³-hybridized carbons (Fsp3) is 0.381. The number of carbonyl (C=O) groups is 1. The zero-order valence-electron chi connectivity index (χ0n) is 17.4. The van der Waals surface area contributed by atoms with Gasteiger partial charge in [0.25, 0.3) is 0 Å². The number of anilines is 2. The van der Waals surface area contributed by atoms with E-state index in [2.05, 4.69) is 25.7 Å². The van der Waals surface area contributed by atoms with Crippen molar-refractivity contribution in [2.45, 2.75) is 13.1 Å². The van der Waals surface area contributed by atoms with Crippen LogP contribution in [-0.2, 0) is 6.18 Å². The lowest BCUT2D eigenvalue weighted by Gasteiger charge is -2.37. The fourth-order valence-electron chi connectivity index (χ4n) is 3.65. The van der Waals surface area contributed by atoms with Crippen LogP contribution in [0, 0.1) is 6.92 Å². The molecule has 2 aliphatic heterocycles. The molecule has 2 aromatic rings. The molecule has 1 saturated heterocycles. The van der Waals surface area contributed by atoms with Gasteiger partial charge in [-0.3, -0.25) is 9.69 Å². The van der Waals surface area contributed by atoms with E-state index in [0.29, 0.717) is 18.8 Å². The molecule has 0 aliphatic carbocycles. The zero-order chi connectivity index (χ0) is 22.7. The number of rotatable bonds is 5. The van der Waals surface area contributed by atoms with Gasteiger partial charge in [0.1, 0.15) is 0 Å². The SMILES string of the molecule is Cc1nnc(C(=O)Nc2cc(C(F)(F)F)ccc2N2CCN(CC3=CC=CCN3)CC2)o1. The minimum absolute atomic E-state index is 0.0518. The number of carbonyl (C=O) groups excluding carboxylic acids is 1. The number of dihydropyridines is 1. The number of hydrogen-bond acceptors (Lipinski definition) is 7. The summed E-state index contributed by atoms with van der Waals surface area (Å²) >= 11 is 0. The Labute approximate surface area is 182 Å². The van der Waals surface area contributed by atoms with E-state index in [9.17, 15) is 18.0 Å². The Hall–Kier alpha value is -3.34. The molecule has 0 bridgehead atoms. The third-order valence-electron chi connectivity index (χ3n) is 5.28. The summed E-state index contributed by atoms with van der Waals surface area (Å²) in [6.45, 7) is 5.80. The van der Waals surface area contributed by atoms with Crippen LogP contribution in [0.2, 0.25) is 0 Å². The van der Waals surface area contributed by atoms with Crippen LogP contribution in [0.4, 0.5) is 24.5 Å². The topological polar surface area (TPSA) is 86.5 Å². The summed E-state index contributed by atoms with van der Waals surface area (Å²) in [5, 5.41) is 13.1. The van der Waals surface area contributed by atoms with Crippen molar-refractivity contribution in [3.8, 4) is 0 Å². The zero-order valence-corrected chi connectivity index (χ0v) is 17.4. The van der Waals surface area contributed by atoms with Crippen LogP contribution in [-0.4, -0.2) is 60.3 Å². The molecule has 0 saturated carbocycles. The van der Waals surface area contributed by atoms with Crippen LogP contribution in [0.5, 0.6) is 0 Å². The normalized spacial score (nSPS) is 17.1. The number of alkyl halides is 3. The summed E-state index contributed by atoms with van der Waals surface area (Å²) in [5.74, 6) is -0.875. The molecule has 0 spiro atoms. The predicted octanol–water partition coefficient (Wildman–Crippen LogP) is 2.81. The number of nitrogens with one attached hydrogen (secondary N) is 2. The van der Waals surface area contributed by atoms with Gasteiger partial charge in [-0.2, -0.15) is 13.2 Å². The molecular weight excluding hydrogens is 425 g/mol. The van der Waals surface area contributed by atoms with E-state index in [4.69, 9.17) is 4.42 Å². The van der Waals surface area contributed by atoms with Gasteiger partial charge in [-0.25, -0.2) is 0 Å². The highest BCUT2D eigenvalue weighted by Gasteiger charge is 2.32. The average Bonchev–Trinajstić information content (AvgIpc) is 3.21. The maximum absolute atomic E-state index is 13.3. The van der Waals surface area contributed by atoms with Gasteiger partial charge in [-0.15, -0.1) is 10.2 Å². The molecule has 11 heteroatoms. The minimum atomic E-state index is -4.53. The highest BCUT2D eigenvalue weighted by molar-refractivity contribution is 6.03. The molecular formula is C21H23F3N6O2. The van der Waals surface area contributed by atoms with Crippen molar-refractivity contribution < 1.29 is 22.4 Å². The van der Waals surface area contributed by atoms with Crippen LogP contribution in [0.15, 0.2) is 46.5 Å². The molecule has 3 heterocycles. The first-order valence-corrected chi connectivity index (χ1v) is 10.2. The van der Waals surface area contributed by atoms with E-state index in [0.717, 1.165) is 44.0 Å². The summed E-state index contributed by atoms with van der Waals surface area (Å²) in [6.07, 6.45) is 1.56. The molecule has 0 atom stereocenters. The van der Waals surface area contributed by atoms with E-state index >= 15 is 0 Å². The number of aromatic nitrogens is 2. The Kier molecular flexibility index (Phi) is 6.17. The Morgan fingerprint density at radius 1 is 1.22 bits per heavy atom. The Morgan fingerprint density at radius 3 is 2.62 bits per heavy atom. The van der Waals surface area contributed by atoms with Gasteiger partial charge in [0, 0.05) is 51.9 Å². The van der Waals surface area contributed by atoms with E-state index in [1.807, 2.05) is 23.1 Å². The number of halogens is 3. The van der Waals surface area contributed by atoms with Crippen molar-refractivity contribution >= 4 is 17.3 Å². The average molecular weight is 448 g/mol. The van der Waals surface area contributed by atoms with Crippen molar-refractivity contribution in [1.82, 2.24) is 20.4 Å². The van der Waals surface area contributed by atoms with Crippen molar-refractivity contribution in [3.63, 3.8) is 0 Å². The Bertz CT molecular complexity index is 1040. The third kappa shape index (κ3) is 5.10. The van der Waals surface area contributed by atoms with Gasteiger partial charge >= 0.3 is 18.0 Å². The van der Waals surface area contributed by atoms with Gasteiger partial charge < -0.3 is 20.0 Å². The first-order chi connectivity index (χ1) is 15.3. The molecule has 1 aromatic carbocycles. The molecule has 0 radical (unpaired) electrons. The molecule has 1 amide bonds. The van der Waals surface area contributed by atoms with Crippen molar-refractivity contribution in [1.29, 1.82) is 0 Å². The van der Waals surface area contributed by atoms with Crippen molar-refractivity contribution in [3.05, 3.63) is 59.5 Å². The molecule has 0 unspecified atom stereocenters. The van der Waals surface area contributed by atoms with Gasteiger partial charge in [0.2, 0.25) is 5.89 Å². The number of amides is 1. The van der Waals surface area contributed by atoms with Crippen LogP contribution in [0.1, 0.15) is 22.1 Å². The van der Waals surface area contributed by atoms with Crippen molar-refractivity contribution in [2.24, 2.45) is 0 Å². The van der Waals surface area contributed by atoms with Gasteiger partial charge in [-0.05, 0) is 24.3 Å². The van der Waals surface area contributed by atoms with Gasteiger partial charge in [-0.1, -0.05) is 12.2 Å². The van der Waals surface area contributed by atoms with Crippen LogP contribution in [0.3, 0.4) is 0 Å². The second-order valence-electron chi connectivity index (χ2n) is 7.57. The molecule has 2 aliphatic rings. The van der Waals surface area contributed by atoms with E-state index < -0.39 is 17.6 Å². The van der Waals surface area contributed by atoms with E-state index in [-0.39, 0.29) is 17.5 Å². The highest BCUT2D eigenvalue weighted by Crippen LogP contribution is 2.36. The summed E-state index contributed by atoms with van der Waals surface area (Å²) in [4.78, 5) is 16.7. The minimum Gasteiger partial charge on any atom is -0.417 e. The predicted molar refractivity (Wildman–Crippen MR) is 112 cm³/mol. The maximum atomic E-state index is 13.3. The summed E-state index contributed by atoms with van der Waals surface area (Å²) in [7, 11) is 0. The molecule has 8 nitrogen and oxygen atoms in total. The highest BCUT2D eigenvalue weighted by atomic mass is 19.4. The summed E-state index contributed by atoms with van der Waals surface area (Å²) in [5.41, 5.74) is 0.856. The van der Waals surface area contributed by atoms with Crippen molar-refractivity contribution in [2.75, 3.05) is 49.5 Å². The maximum Gasteiger partial charge on any atom is 0.416 e. The number of benzene rings is 1. The third-order valence-corrected chi connectivity index (χ3v) is 5.28. The summed E-state index contributed by atoms with van der Waals surface area (Å²) < 4.78 is 45.0. The quantitative estimate of drug-likeness (QED) is 0.728. The molecule has 1 fully saturated rings. The molecule has 1 aromatic heterocycles. The standard InChI is InChI=1S/C21H23F3N6O2/c1-14-27-28-20(32-14)19(31)26-17-12-15(21(22,23)24)5-6-18(17)30-10-8-29(9-11-30)13-16-4-2-3-7-25-16/h2-6,12,25H,7-11,13H2,1H3,(H,26,31). The number of hydrogen-bond donors (Lipinski definition) is 2. The van der Waals surface area contributed by atoms with Gasteiger partial charge in [0.15, 0.2) is 0 Å². The molecule has 2 N–H and O–H groups in total. The smallest absolute Gasteiger partial charge is 0.416 e. The molecule has 170 valence electrons. The Balaban J connectivity index is 1.50. The van der Waals surface area contributed by atoms with E-state index in [1.54, 1.807) is 0 Å². The number of aryl methyl sites for hydroxylation is 1. The lowest BCUT2D eigenvalue weighted by molar-refractivity contribution is -0.137. The molecule has 4 rings (SSSR count). The number of nitrogens with zero attached hydrogens (tertiary/aromatic N) is 4. The Morgan fingerprint density at radius 2 is 2.00 bits per heavy atom. The lowest BCUT2D eigenvalue weighted by atomic mass is 10.1. The molecule has 32 heavy (non-hydrogen) atoms. The monoisotopic (exact) mass is 448 g/mol. The second kappa shape index (κ2) is 9.03. The van der Waals surface area contributed by atoms with Gasteiger partial charge in [0.05, 0.1) is 16.9 Å². The first kappa shape index (κ1) is 21.9. The largest absolute Gasteiger partial charge is 0.417 e. The van der Waals surface area contributed by atoms with E-state index in [1.165, 1.54) is 13.0 Å². The second-order valence-corrected chi connectivity index (χ2v) is 7.57. The summed E-state index contributed by atoms with van der Waals surface area (Å²) in [6, 6.07) is 3.35. The van der Waals surface area contributed by atoms with Crippen LogP contribution >= 0.6 is 0 Å². The number of allylic oxidation sites excluding steroid dienone is 2. The van der Waals surface area contributed by atoms with Crippen LogP contribution in [0.25, 0.3) is 0 Å². The fourth-order valence-corrected chi connectivity index (χ4v) is 3.65.